The van der Waals surface area contributed by atoms with Crippen molar-refractivity contribution in [3.63, 3.8) is 0 Å². The number of ketones is 2. The van der Waals surface area contributed by atoms with Gasteiger partial charge < -0.3 is 4.90 Å². The van der Waals surface area contributed by atoms with Crippen molar-refractivity contribution in [2.45, 2.75) is 51.5 Å². The Balaban J connectivity index is 1.65. The molecule has 2 aromatic rings. The van der Waals surface area contributed by atoms with Crippen LogP contribution in [-0.4, -0.2) is 27.4 Å². The number of nitro groups is 1. The third kappa shape index (κ3) is 2.93. The number of benzene rings is 2. The van der Waals surface area contributed by atoms with Gasteiger partial charge in [-0.25, -0.2) is 0 Å². The lowest BCUT2D eigenvalue weighted by Gasteiger charge is -2.44. The summed E-state index contributed by atoms with van der Waals surface area (Å²) in [6.45, 7) is 4.22. The smallest absolute Gasteiger partial charge is 0.269 e. The van der Waals surface area contributed by atoms with E-state index in [1.807, 2.05) is 30.3 Å². The first-order valence-corrected chi connectivity index (χ1v) is 11.4. The molecule has 166 valence electrons. The van der Waals surface area contributed by atoms with Gasteiger partial charge in [-0.15, -0.1) is 0 Å². The van der Waals surface area contributed by atoms with E-state index in [9.17, 15) is 19.7 Å². The zero-order chi connectivity index (χ0) is 23.1. The number of allylic oxidation sites excluding steroid dienone is 3. The first-order chi connectivity index (χ1) is 15.8. The highest BCUT2D eigenvalue weighted by atomic mass is 16.6. The number of fused-ring (bicyclic) bond motifs is 2. The molecule has 0 saturated heterocycles. The molecule has 0 bridgehead atoms. The van der Waals surface area contributed by atoms with Gasteiger partial charge in [-0.3, -0.25) is 19.7 Å². The van der Waals surface area contributed by atoms with Gasteiger partial charge in [0.25, 0.3) is 5.69 Å². The monoisotopic (exact) mass is 440 g/mol. The molecule has 0 N–H and O–H groups in total. The second-order valence-electron chi connectivity index (χ2n) is 10.3. The predicted molar refractivity (Wildman–Crippen MR) is 123 cm³/mol. The van der Waals surface area contributed by atoms with E-state index in [4.69, 9.17) is 0 Å². The molecule has 0 unspecified atom stereocenters. The van der Waals surface area contributed by atoms with Gasteiger partial charge in [0.15, 0.2) is 11.6 Å². The summed E-state index contributed by atoms with van der Waals surface area (Å²) in [5.41, 5.74) is 5.12. The van der Waals surface area contributed by atoms with Gasteiger partial charge in [0, 0.05) is 58.5 Å². The molecule has 4 aliphatic rings. The standard InChI is InChI=1S/C27H24N2O4/c1-27(2)13-20-23(21(30)14-27)22(15-6-5-7-17(12-15)29(32)33)24-25(28(20)16-10-11-16)18-8-3-4-9-19(18)26(24)31/h3-9,12,16,22H,10-11,13-14H2,1-2H3/t22-/m1/s1. The topological polar surface area (TPSA) is 80.5 Å². The molecule has 0 spiro atoms. The van der Waals surface area contributed by atoms with Crippen LogP contribution in [0.15, 0.2) is 65.4 Å². The molecular formula is C27H24N2O4. The highest BCUT2D eigenvalue weighted by Crippen LogP contribution is 2.57. The largest absolute Gasteiger partial charge is 0.341 e. The van der Waals surface area contributed by atoms with Crippen LogP contribution in [0.4, 0.5) is 5.69 Å². The van der Waals surface area contributed by atoms with Crippen molar-refractivity contribution in [1.29, 1.82) is 0 Å². The Morgan fingerprint density at radius 2 is 1.70 bits per heavy atom. The van der Waals surface area contributed by atoms with Crippen LogP contribution in [0.3, 0.4) is 0 Å². The number of hydrogen-bond donors (Lipinski definition) is 0. The van der Waals surface area contributed by atoms with Crippen molar-refractivity contribution >= 4 is 23.0 Å². The normalized spacial score (nSPS) is 23.5. The SMILES string of the molecule is CC1(C)CC(=O)C2=C(C1)N(C1CC1)C1=C(C(=O)c3ccccc31)[C@@H]2c1cccc([N+](=O)[O-])c1. The first-order valence-electron chi connectivity index (χ1n) is 11.4. The highest BCUT2D eigenvalue weighted by molar-refractivity contribution is 6.23. The number of hydrogen-bond acceptors (Lipinski definition) is 5. The summed E-state index contributed by atoms with van der Waals surface area (Å²) in [5, 5.41) is 11.5. The fraction of sp³-hybridized carbons (Fsp3) is 0.333. The zero-order valence-corrected chi connectivity index (χ0v) is 18.6. The van der Waals surface area contributed by atoms with E-state index in [1.165, 1.54) is 12.1 Å². The van der Waals surface area contributed by atoms with Gasteiger partial charge in [-0.1, -0.05) is 50.2 Å². The number of rotatable bonds is 3. The molecule has 33 heavy (non-hydrogen) atoms. The molecular weight excluding hydrogens is 416 g/mol. The summed E-state index contributed by atoms with van der Waals surface area (Å²) in [5.74, 6) is -0.626. The maximum absolute atomic E-state index is 13.8. The van der Waals surface area contributed by atoms with E-state index < -0.39 is 10.8 Å². The lowest BCUT2D eigenvalue weighted by molar-refractivity contribution is -0.384. The minimum atomic E-state index is -0.589. The quantitative estimate of drug-likeness (QED) is 0.471. The molecule has 6 nitrogen and oxygen atoms in total. The second-order valence-corrected chi connectivity index (χ2v) is 10.3. The van der Waals surface area contributed by atoms with E-state index in [2.05, 4.69) is 18.7 Å². The Labute approximate surface area is 191 Å². The van der Waals surface area contributed by atoms with E-state index in [-0.39, 0.29) is 28.7 Å². The van der Waals surface area contributed by atoms with Gasteiger partial charge in [-0.2, -0.15) is 0 Å². The summed E-state index contributed by atoms with van der Waals surface area (Å²) < 4.78 is 0. The number of Topliss-reactive ketones (excluding diaryl/α,β-unsaturated/α-hetero) is 2. The number of nitrogens with zero attached hydrogens (tertiary/aromatic N) is 2. The van der Waals surface area contributed by atoms with Gasteiger partial charge in [-0.05, 0) is 30.2 Å². The lowest BCUT2D eigenvalue weighted by Crippen LogP contribution is -2.40. The molecule has 0 radical (unpaired) electrons. The molecule has 1 heterocycles. The van der Waals surface area contributed by atoms with Gasteiger partial charge in [0.1, 0.15) is 0 Å². The molecule has 1 saturated carbocycles. The minimum Gasteiger partial charge on any atom is -0.341 e. The van der Waals surface area contributed by atoms with Crippen molar-refractivity contribution < 1.29 is 14.5 Å². The number of non-ortho nitro benzene ring substituents is 1. The molecule has 6 rings (SSSR count). The molecule has 1 atom stereocenters. The van der Waals surface area contributed by atoms with Crippen LogP contribution in [-0.2, 0) is 4.79 Å². The lowest BCUT2D eigenvalue weighted by atomic mass is 9.68. The molecule has 3 aliphatic carbocycles. The fourth-order valence-electron chi connectivity index (χ4n) is 5.82. The van der Waals surface area contributed by atoms with Crippen LogP contribution < -0.4 is 0 Å². The second kappa shape index (κ2) is 6.73. The third-order valence-electron chi connectivity index (χ3n) is 7.26. The summed E-state index contributed by atoms with van der Waals surface area (Å²) >= 11 is 0. The van der Waals surface area contributed by atoms with Crippen LogP contribution >= 0.6 is 0 Å². The molecule has 6 heteroatoms. The average molecular weight is 440 g/mol. The van der Waals surface area contributed by atoms with E-state index in [1.54, 1.807) is 6.07 Å². The Morgan fingerprint density at radius 1 is 0.970 bits per heavy atom. The summed E-state index contributed by atoms with van der Waals surface area (Å²) in [6.07, 6.45) is 3.20. The Morgan fingerprint density at radius 3 is 2.39 bits per heavy atom. The van der Waals surface area contributed by atoms with Crippen LogP contribution in [0.5, 0.6) is 0 Å². The van der Waals surface area contributed by atoms with Gasteiger partial charge in [0.2, 0.25) is 0 Å². The van der Waals surface area contributed by atoms with Crippen LogP contribution in [0.2, 0.25) is 0 Å². The Kier molecular flexibility index (Phi) is 4.10. The molecule has 1 aliphatic heterocycles. The summed E-state index contributed by atoms with van der Waals surface area (Å²) in [4.78, 5) is 40.8. The summed E-state index contributed by atoms with van der Waals surface area (Å²) in [7, 11) is 0. The van der Waals surface area contributed by atoms with Crippen molar-refractivity contribution in [2.75, 3.05) is 0 Å². The summed E-state index contributed by atoms with van der Waals surface area (Å²) in [6, 6.07) is 14.3. The van der Waals surface area contributed by atoms with Crippen molar-refractivity contribution in [1.82, 2.24) is 4.90 Å². The van der Waals surface area contributed by atoms with Crippen LogP contribution in [0, 0.1) is 15.5 Å². The van der Waals surface area contributed by atoms with Crippen molar-refractivity contribution in [2.24, 2.45) is 5.41 Å². The van der Waals surface area contributed by atoms with Gasteiger partial charge >= 0.3 is 0 Å². The fourth-order valence-corrected chi connectivity index (χ4v) is 5.82. The van der Waals surface area contributed by atoms with Crippen LogP contribution in [0.1, 0.15) is 66.9 Å². The van der Waals surface area contributed by atoms with E-state index >= 15 is 0 Å². The zero-order valence-electron chi connectivity index (χ0n) is 18.6. The Bertz CT molecular complexity index is 1330. The molecule has 1 fully saturated rings. The number of carbonyl (C=O) groups excluding carboxylic acids is 2. The molecule has 2 aromatic carbocycles. The highest BCUT2D eigenvalue weighted by Gasteiger charge is 2.51. The molecule has 0 amide bonds. The number of nitro benzene ring substituents is 1. The van der Waals surface area contributed by atoms with Crippen LogP contribution in [0.25, 0.3) is 5.70 Å². The maximum Gasteiger partial charge on any atom is 0.269 e. The van der Waals surface area contributed by atoms with Crippen molar-refractivity contribution in [3.8, 4) is 0 Å². The first kappa shape index (κ1) is 20.1. The van der Waals surface area contributed by atoms with E-state index in [0.717, 1.165) is 36.2 Å². The maximum atomic E-state index is 13.8. The third-order valence-corrected chi connectivity index (χ3v) is 7.26. The predicted octanol–water partition coefficient (Wildman–Crippen LogP) is 5.41. The van der Waals surface area contributed by atoms with Gasteiger partial charge in [0.05, 0.1) is 10.6 Å². The number of carbonyl (C=O) groups is 2. The molecule has 0 aromatic heterocycles. The van der Waals surface area contributed by atoms with E-state index in [0.29, 0.717) is 28.7 Å². The Hall–Kier alpha value is -3.54. The van der Waals surface area contributed by atoms with Crippen molar-refractivity contribution in [3.05, 3.63) is 92.2 Å². The minimum absolute atomic E-state index is 0.0343. The average Bonchev–Trinajstić information content (AvgIpc) is 3.57.